The van der Waals surface area contributed by atoms with E-state index in [-0.39, 0.29) is 24.9 Å². The van der Waals surface area contributed by atoms with E-state index in [2.05, 4.69) is 0 Å². The van der Waals surface area contributed by atoms with Gasteiger partial charge in [0.1, 0.15) is 0 Å². The van der Waals surface area contributed by atoms with Crippen LogP contribution in [0, 0.1) is 5.92 Å². The van der Waals surface area contributed by atoms with Crippen LogP contribution in [0.4, 0.5) is 0 Å². The number of nitrogens with zero attached hydrogens (tertiary/aromatic N) is 2. The van der Waals surface area contributed by atoms with E-state index < -0.39 is 11.8 Å². The molecule has 1 aliphatic rings. The second-order valence-corrected chi connectivity index (χ2v) is 6.19. The molecule has 1 saturated heterocycles. The molecule has 114 valence electrons. The summed E-state index contributed by atoms with van der Waals surface area (Å²) in [6.45, 7) is 2.90. The van der Waals surface area contributed by atoms with Crippen molar-refractivity contribution in [1.82, 2.24) is 9.80 Å². The quantitative estimate of drug-likeness (QED) is 0.858. The van der Waals surface area contributed by atoms with Gasteiger partial charge < -0.3 is 15.5 Å². The zero-order chi connectivity index (χ0) is 15.4. The molecule has 0 aliphatic carbocycles. The number of thiophene rings is 1. The van der Waals surface area contributed by atoms with Crippen LogP contribution in [0.2, 0.25) is 0 Å². The molecule has 1 fully saturated rings. The van der Waals surface area contributed by atoms with Crippen molar-refractivity contribution in [3.05, 3.63) is 22.4 Å². The van der Waals surface area contributed by atoms with Gasteiger partial charge in [-0.2, -0.15) is 0 Å². The Hall–Kier alpha value is -1.89. The average Bonchev–Trinajstić information content (AvgIpc) is 2.80. The summed E-state index contributed by atoms with van der Waals surface area (Å²) in [6, 6.07) is 3.81. The summed E-state index contributed by atoms with van der Waals surface area (Å²) in [5.41, 5.74) is 5.38. The number of primary amides is 1. The molecule has 0 saturated carbocycles. The summed E-state index contributed by atoms with van der Waals surface area (Å²) in [5, 5.41) is 1.93. The van der Waals surface area contributed by atoms with Crippen LogP contribution < -0.4 is 5.73 Å². The number of carbonyl (C=O) groups excluding carboxylic acids is 3. The minimum atomic E-state index is -0.510. The molecule has 2 heterocycles. The summed E-state index contributed by atoms with van der Waals surface area (Å²) in [4.78, 5) is 39.6. The molecule has 1 aromatic heterocycles. The maximum absolute atomic E-state index is 12.3. The lowest BCUT2D eigenvalue weighted by atomic mass is 10.1. The molecule has 1 atom stereocenters. The Morgan fingerprint density at radius 1 is 1.29 bits per heavy atom. The Morgan fingerprint density at radius 2 is 1.95 bits per heavy atom. The van der Waals surface area contributed by atoms with Crippen molar-refractivity contribution in [3.63, 3.8) is 0 Å². The minimum absolute atomic E-state index is 0.0332. The van der Waals surface area contributed by atoms with Crippen LogP contribution in [0.15, 0.2) is 17.5 Å². The number of rotatable bonds is 3. The predicted molar refractivity (Wildman–Crippen MR) is 79.5 cm³/mol. The van der Waals surface area contributed by atoms with Crippen molar-refractivity contribution in [2.24, 2.45) is 11.7 Å². The third kappa shape index (κ3) is 4.04. The fourth-order valence-corrected chi connectivity index (χ4v) is 3.08. The fraction of sp³-hybridized carbons (Fsp3) is 0.500. The first kappa shape index (κ1) is 15.5. The molecule has 0 aromatic carbocycles. The highest BCUT2D eigenvalue weighted by atomic mass is 32.1. The minimum Gasteiger partial charge on any atom is -0.369 e. The predicted octanol–water partition coefficient (Wildman–Crippen LogP) is 0.0828. The van der Waals surface area contributed by atoms with Crippen molar-refractivity contribution in [3.8, 4) is 0 Å². The third-order valence-corrected chi connectivity index (χ3v) is 4.50. The Morgan fingerprint density at radius 3 is 2.52 bits per heavy atom. The van der Waals surface area contributed by atoms with Gasteiger partial charge in [-0.05, 0) is 11.4 Å². The van der Waals surface area contributed by atoms with Crippen molar-refractivity contribution >= 4 is 29.1 Å². The molecule has 6 nitrogen and oxygen atoms in total. The zero-order valence-corrected chi connectivity index (χ0v) is 12.8. The van der Waals surface area contributed by atoms with Gasteiger partial charge in [0.25, 0.3) is 0 Å². The maximum Gasteiger partial charge on any atom is 0.227 e. The first-order valence-electron chi connectivity index (χ1n) is 6.82. The highest BCUT2D eigenvalue weighted by Gasteiger charge is 2.29. The molecule has 1 aromatic rings. The number of amides is 3. The number of hydrogen-bond donors (Lipinski definition) is 1. The summed E-state index contributed by atoms with van der Waals surface area (Å²) in [6.07, 6.45) is 0.323. The summed E-state index contributed by atoms with van der Waals surface area (Å²) in [7, 11) is 0. The van der Waals surface area contributed by atoms with Crippen LogP contribution >= 0.6 is 11.3 Å². The second kappa shape index (κ2) is 6.71. The highest BCUT2D eigenvalue weighted by molar-refractivity contribution is 7.10. The number of hydrogen-bond acceptors (Lipinski definition) is 4. The summed E-state index contributed by atoms with van der Waals surface area (Å²) in [5.74, 6) is -1.12. The lowest BCUT2D eigenvalue weighted by molar-refractivity contribution is -0.132. The molecule has 7 heteroatoms. The van der Waals surface area contributed by atoms with Crippen molar-refractivity contribution in [1.29, 1.82) is 0 Å². The monoisotopic (exact) mass is 309 g/mol. The van der Waals surface area contributed by atoms with E-state index in [1.807, 2.05) is 17.5 Å². The first-order chi connectivity index (χ1) is 9.97. The molecule has 2 N–H and O–H groups in total. The Kier molecular flexibility index (Phi) is 4.95. The van der Waals surface area contributed by atoms with Gasteiger partial charge in [-0.15, -0.1) is 11.3 Å². The van der Waals surface area contributed by atoms with Crippen LogP contribution in [0.5, 0.6) is 0 Å². The van der Waals surface area contributed by atoms with Crippen molar-refractivity contribution in [2.75, 3.05) is 26.2 Å². The molecule has 3 amide bonds. The smallest absolute Gasteiger partial charge is 0.227 e. The van der Waals surface area contributed by atoms with Gasteiger partial charge in [0.05, 0.1) is 12.3 Å². The van der Waals surface area contributed by atoms with E-state index in [1.54, 1.807) is 9.80 Å². The molecule has 0 unspecified atom stereocenters. The van der Waals surface area contributed by atoms with Gasteiger partial charge in [-0.3, -0.25) is 14.4 Å². The van der Waals surface area contributed by atoms with Gasteiger partial charge in [-0.1, -0.05) is 6.07 Å². The lowest BCUT2D eigenvalue weighted by Crippen LogP contribution is -2.41. The summed E-state index contributed by atoms with van der Waals surface area (Å²) >= 11 is 1.53. The lowest BCUT2D eigenvalue weighted by Gasteiger charge is -2.22. The standard InChI is InChI=1S/C14H19N3O3S/c1-10(18)16-4-5-17(9-11(8-16)14(15)20)13(19)7-12-3-2-6-21-12/h2-3,6,11H,4-5,7-9H2,1H3,(H2,15,20)/t11-/m0/s1. The number of carbonyl (C=O) groups is 3. The Bertz CT molecular complexity index is 530. The van der Waals surface area contributed by atoms with Gasteiger partial charge in [-0.25, -0.2) is 0 Å². The van der Waals surface area contributed by atoms with Crippen LogP contribution in [0.25, 0.3) is 0 Å². The summed E-state index contributed by atoms with van der Waals surface area (Å²) < 4.78 is 0. The van der Waals surface area contributed by atoms with E-state index in [1.165, 1.54) is 18.3 Å². The molecule has 21 heavy (non-hydrogen) atoms. The fourth-order valence-electron chi connectivity index (χ4n) is 2.38. The molecule has 0 radical (unpaired) electrons. The maximum atomic E-state index is 12.3. The average molecular weight is 309 g/mol. The largest absolute Gasteiger partial charge is 0.369 e. The molecule has 0 bridgehead atoms. The first-order valence-corrected chi connectivity index (χ1v) is 7.70. The molecule has 2 rings (SSSR count). The van der Waals surface area contributed by atoms with Crippen LogP contribution in [-0.4, -0.2) is 53.7 Å². The van der Waals surface area contributed by atoms with E-state index in [0.717, 1.165) is 4.88 Å². The van der Waals surface area contributed by atoms with Gasteiger partial charge in [0, 0.05) is 38.0 Å². The third-order valence-electron chi connectivity index (χ3n) is 3.63. The Balaban J connectivity index is 2.06. The van der Waals surface area contributed by atoms with Crippen LogP contribution in [-0.2, 0) is 20.8 Å². The van der Waals surface area contributed by atoms with Crippen molar-refractivity contribution in [2.45, 2.75) is 13.3 Å². The van der Waals surface area contributed by atoms with E-state index in [0.29, 0.717) is 19.5 Å². The molecular weight excluding hydrogens is 290 g/mol. The van der Waals surface area contributed by atoms with Gasteiger partial charge in [0.2, 0.25) is 17.7 Å². The van der Waals surface area contributed by atoms with Crippen LogP contribution in [0.3, 0.4) is 0 Å². The zero-order valence-electron chi connectivity index (χ0n) is 11.9. The van der Waals surface area contributed by atoms with Gasteiger partial charge >= 0.3 is 0 Å². The van der Waals surface area contributed by atoms with E-state index >= 15 is 0 Å². The highest BCUT2D eigenvalue weighted by Crippen LogP contribution is 2.14. The topological polar surface area (TPSA) is 83.7 Å². The van der Waals surface area contributed by atoms with E-state index in [9.17, 15) is 14.4 Å². The van der Waals surface area contributed by atoms with E-state index in [4.69, 9.17) is 5.73 Å². The van der Waals surface area contributed by atoms with Gasteiger partial charge in [0.15, 0.2) is 0 Å². The second-order valence-electron chi connectivity index (χ2n) is 5.16. The molecule has 0 spiro atoms. The number of nitrogens with two attached hydrogens (primary N) is 1. The normalized spacial score (nSPS) is 19.2. The SMILES string of the molecule is CC(=O)N1CCN(C(=O)Cc2cccs2)C[C@@H](C(N)=O)C1. The van der Waals surface area contributed by atoms with Crippen LogP contribution in [0.1, 0.15) is 11.8 Å². The van der Waals surface area contributed by atoms with Crippen molar-refractivity contribution < 1.29 is 14.4 Å². The molecule has 1 aliphatic heterocycles. The molecular formula is C14H19N3O3S. The Labute approximate surface area is 127 Å².